The summed E-state index contributed by atoms with van der Waals surface area (Å²) < 4.78 is 7.56. The summed E-state index contributed by atoms with van der Waals surface area (Å²) in [7, 11) is 0. The minimum absolute atomic E-state index is 0.0132. The topological polar surface area (TPSA) is 19.6 Å². The van der Waals surface area contributed by atoms with Crippen LogP contribution >= 0.6 is 0 Å². The molecule has 0 radical (unpaired) electrons. The Morgan fingerprint density at radius 1 is 0.317 bits per heavy atom. The highest BCUT2D eigenvalue weighted by Crippen LogP contribution is 2.68. The van der Waals surface area contributed by atoms with Crippen molar-refractivity contribution in [3.05, 3.63) is 263 Å². The highest BCUT2D eigenvalue weighted by Gasteiger charge is 2.54. The molecule has 0 unspecified atom stereocenters. The third-order valence-electron chi connectivity index (χ3n) is 18.1. The number of benzene rings is 11. The lowest BCUT2D eigenvalue weighted by atomic mass is 9.69. The van der Waals surface area contributed by atoms with E-state index in [1.165, 1.54) is 82.7 Å². The Morgan fingerprint density at radius 2 is 0.720 bits per heavy atom. The first-order valence-corrected chi connectivity index (χ1v) is 29.4. The maximum atomic E-state index is 7.56. The molecule has 1 heterocycles. The van der Waals surface area contributed by atoms with Gasteiger partial charge in [0.15, 0.2) is 0 Å². The summed E-state index contributed by atoms with van der Waals surface area (Å²) in [6, 6.07) is 83.2. The standard InChI is InChI=1S/C79H72N2O/c1-75(2,3)49-29-37-53(38-30-49)80(54-39-31-50(32-40-54)76(4,5)6)57-45-46-62-64(47-57)58-21-13-14-24-61(58)71-72-67(79(73(62)71)65-26-18-15-22-59(65)60-23-16-19-27-66(60)79)48-68(70-63-25-17-20-28-69(63)82-74(70)72)81(55-41-33-51(34-42-55)77(7,8)9)56-43-35-52(36-44-56)78(10,11)12/h13-48H,1-12H3. The van der Waals surface area contributed by atoms with Gasteiger partial charge in [-0.2, -0.15) is 0 Å². The number of rotatable bonds is 6. The van der Waals surface area contributed by atoms with Gasteiger partial charge in [-0.25, -0.2) is 0 Å². The molecule has 0 atom stereocenters. The molecule has 3 nitrogen and oxygen atoms in total. The van der Waals surface area contributed by atoms with E-state index in [2.05, 4.69) is 311 Å². The van der Waals surface area contributed by atoms with E-state index in [4.69, 9.17) is 4.42 Å². The fraction of sp³-hybridized carbons (Fsp3) is 0.215. The number of nitrogens with zero attached hydrogens (tertiary/aromatic N) is 2. The quantitative estimate of drug-likeness (QED) is 0.155. The molecule has 14 rings (SSSR count). The van der Waals surface area contributed by atoms with Crippen molar-refractivity contribution in [1.29, 1.82) is 0 Å². The zero-order chi connectivity index (χ0) is 56.8. The van der Waals surface area contributed by atoms with Gasteiger partial charge in [-0.3, -0.25) is 0 Å². The van der Waals surface area contributed by atoms with Crippen molar-refractivity contribution >= 4 is 77.6 Å². The molecule has 82 heavy (non-hydrogen) atoms. The molecule has 12 aromatic rings. The van der Waals surface area contributed by atoms with Crippen molar-refractivity contribution < 1.29 is 4.42 Å². The third-order valence-corrected chi connectivity index (χ3v) is 18.1. The molecule has 0 fully saturated rings. The number of anilines is 6. The van der Waals surface area contributed by atoms with Gasteiger partial charge in [0.2, 0.25) is 0 Å². The largest absolute Gasteiger partial charge is 0.455 e. The van der Waals surface area contributed by atoms with E-state index >= 15 is 0 Å². The molecule has 1 spiro atoms. The minimum Gasteiger partial charge on any atom is -0.455 e. The lowest BCUT2D eigenvalue weighted by Crippen LogP contribution is -2.26. The van der Waals surface area contributed by atoms with Crippen molar-refractivity contribution in [1.82, 2.24) is 0 Å². The number of furan rings is 1. The summed E-state index contributed by atoms with van der Waals surface area (Å²) in [4.78, 5) is 4.96. The van der Waals surface area contributed by atoms with Crippen molar-refractivity contribution in [2.75, 3.05) is 9.80 Å². The number of para-hydroxylation sites is 1. The summed E-state index contributed by atoms with van der Waals surface area (Å²) in [6.45, 7) is 27.5. The maximum Gasteiger partial charge on any atom is 0.145 e. The van der Waals surface area contributed by atoms with E-state index in [1.54, 1.807) is 0 Å². The predicted molar refractivity (Wildman–Crippen MR) is 349 cm³/mol. The van der Waals surface area contributed by atoms with Gasteiger partial charge in [0.25, 0.3) is 0 Å². The normalized spacial score (nSPS) is 13.7. The molecular weight excluding hydrogens is 993 g/mol. The maximum absolute atomic E-state index is 7.56. The van der Waals surface area contributed by atoms with Crippen LogP contribution in [0.1, 0.15) is 128 Å². The van der Waals surface area contributed by atoms with Crippen molar-refractivity contribution in [2.24, 2.45) is 0 Å². The summed E-state index contributed by atoms with van der Waals surface area (Å²) in [5, 5.41) is 7.04. The summed E-state index contributed by atoms with van der Waals surface area (Å²) in [5.41, 5.74) is 22.9. The lowest BCUT2D eigenvalue weighted by Gasteiger charge is -2.34. The fourth-order valence-corrected chi connectivity index (χ4v) is 13.8. The molecule has 11 aromatic carbocycles. The second-order valence-electron chi connectivity index (χ2n) is 27.3. The zero-order valence-electron chi connectivity index (χ0n) is 49.6. The third kappa shape index (κ3) is 7.83. The molecular formula is C79H72N2O. The Morgan fingerprint density at radius 3 is 1.20 bits per heavy atom. The van der Waals surface area contributed by atoms with Gasteiger partial charge in [-0.15, -0.1) is 0 Å². The van der Waals surface area contributed by atoms with Crippen molar-refractivity contribution in [2.45, 2.75) is 110 Å². The average molecular weight is 1070 g/mol. The van der Waals surface area contributed by atoms with Crippen LogP contribution in [0.3, 0.4) is 0 Å². The van der Waals surface area contributed by atoms with Gasteiger partial charge in [0.1, 0.15) is 11.2 Å². The first-order valence-electron chi connectivity index (χ1n) is 29.4. The molecule has 0 saturated heterocycles. The molecule has 1 aromatic heterocycles. The van der Waals surface area contributed by atoms with Crippen LogP contribution in [0.2, 0.25) is 0 Å². The fourth-order valence-electron chi connectivity index (χ4n) is 13.8. The molecule has 0 amide bonds. The first-order chi connectivity index (χ1) is 39.2. The van der Waals surface area contributed by atoms with Crippen LogP contribution < -0.4 is 9.80 Å². The van der Waals surface area contributed by atoms with E-state index in [0.29, 0.717) is 0 Å². The van der Waals surface area contributed by atoms with Crippen LogP contribution in [0.4, 0.5) is 34.1 Å². The monoisotopic (exact) mass is 1060 g/mol. The number of fused-ring (bicyclic) bond motifs is 19. The SMILES string of the molecule is CC(C)(C)c1ccc(N(c2ccc(C(C)(C)C)cc2)c2ccc3c4c(c5ccccc5c3c2)-c2c(cc(N(c3ccc(C(C)(C)C)cc3)c3ccc(C(C)(C)C)cc3)c3c2oc2ccccc23)C42c3ccccc3-c3ccccc32)cc1. The van der Waals surface area contributed by atoms with Crippen LogP contribution in [0.25, 0.3) is 65.7 Å². The molecule has 2 aliphatic carbocycles. The van der Waals surface area contributed by atoms with Gasteiger partial charge in [0.05, 0.1) is 16.5 Å². The van der Waals surface area contributed by atoms with Gasteiger partial charge in [-0.1, -0.05) is 229 Å². The number of hydrogen-bond donors (Lipinski definition) is 0. The van der Waals surface area contributed by atoms with Crippen LogP contribution in [-0.2, 0) is 27.1 Å². The molecule has 0 N–H and O–H groups in total. The molecule has 2 aliphatic rings. The first kappa shape index (κ1) is 51.5. The van der Waals surface area contributed by atoms with Crippen molar-refractivity contribution in [3.8, 4) is 22.3 Å². The van der Waals surface area contributed by atoms with Gasteiger partial charge in [-0.05, 0) is 177 Å². The summed E-state index contributed by atoms with van der Waals surface area (Å²) >= 11 is 0. The Hall–Kier alpha value is -8.66. The van der Waals surface area contributed by atoms with E-state index in [1.807, 2.05) is 0 Å². The smallest absolute Gasteiger partial charge is 0.145 e. The highest BCUT2D eigenvalue weighted by atomic mass is 16.3. The van der Waals surface area contributed by atoms with Crippen LogP contribution in [0, 0.1) is 0 Å². The van der Waals surface area contributed by atoms with E-state index < -0.39 is 5.41 Å². The molecule has 3 heteroatoms. The second kappa shape index (κ2) is 18.2. The lowest BCUT2D eigenvalue weighted by molar-refractivity contribution is 0.590. The van der Waals surface area contributed by atoms with Gasteiger partial charge in [0, 0.05) is 39.4 Å². The van der Waals surface area contributed by atoms with Crippen LogP contribution in [-0.4, -0.2) is 0 Å². The Bertz CT molecular complexity index is 4350. The Labute approximate surface area is 484 Å². The van der Waals surface area contributed by atoms with E-state index in [0.717, 1.165) is 61.6 Å². The average Bonchev–Trinajstić information content (AvgIpc) is 1.59. The van der Waals surface area contributed by atoms with Gasteiger partial charge < -0.3 is 14.2 Å². The molecule has 0 aliphatic heterocycles. The number of hydrogen-bond acceptors (Lipinski definition) is 3. The van der Waals surface area contributed by atoms with E-state index in [9.17, 15) is 0 Å². The molecule has 0 saturated carbocycles. The van der Waals surface area contributed by atoms with Crippen LogP contribution in [0.5, 0.6) is 0 Å². The highest BCUT2D eigenvalue weighted by molar-refractivity contribution is 6.26. The Kier molecular flexibility index (Phi) is 11.4. The predicted octanol–water partition coefficient (Wildman–Crippen LogP) is 22.4. The van der Waals surface area contributed by atoms with Crippen molar-refractivity contribution in [3.63, 3.8) is 0 Å². The summed E-state index contributed by atoms with van der Waals surface area (Å²) in [5.74, 6) is 0. The Balaban J connectivity index is 1.11. The van der Waals surface area contributed by atoms with Gasteiger partial charge >= 0.3 is 0 Å². The van der Waals surface area contributed by atoms with E-state index in [-0.39, 0.29) is 21.7 Å². The minimum atomic E-state index is -0.743. The summed E-state index contributed by atoms with van der Waals surface area (Å²) in [6.07, 6.45) is 0. The van der Waals surface area contributed by atoms with Crippen LogP contribution in [0.15, 0.2) is 223 Å². The zero-order valence-corrected chi connectivity index (χ0v) is 49.6. The molecule has 404 valence electrons. The molecule has 0 bridgehead atoms. The second-order valence-corrected chi connectivity index (χ2v) is 27.3.